The van der Waals surface area contributed by atoms with Crippen LogP contribution in [0.1, 0.15) is 5.56 Å². The molecule has 27 heavy (non-hydrogen) atoms. The third-order valence-corrected chi connectivity index (χ3v) is 4.45. The summed E-state index contributed by atoms with van der Waals surface area (Å²) in [4.78, 5) is 43.2. The minimum Gasteiger partial charge on any atom is -0.468 e. The quantitative estimate of drug-likeness (QED) is 0.597. The van der Waals surface area contributed by atoms with Crippen LogP contribution in [0.2, 0.25) is 0 Å². The normalized spacial score (nSPS) is 11.0. The SMILES string of the molecule is COC(=O)Cn1c(N(C)Cc2ccccc2)nc2c1c(=O)n(C)c(=O)n2C. The van der Waals surface area contributed by atoms with Crippen molar-refractivity contribution >= 4 is 23.1 Å². The number of fused-ring (bicyclic) bond motifs is 1. The molecule has 0 aliphatic carbocycles. The van der Waals surface area contributed by atoms with Gasteiger partial charge >= 0.3 is 11.7 Å². The standard InChI is InChI=1S/C18H21N5O4/c1-20(10-12-8-6-5-7-9-12)17-19-15-14(23(17)11-13(24)27-4)16(25)22(3)18(26)21(15)2/h5-9H,10-11H2,1-4H3. The summed E-state index contributed by atoms with van der Waals surface area (Å²) in [6.45, 7) is 0.328. The largest absolute Gasteiger partial charge is 0.468 e. The molecular weight excluding hydrogens is 350 g/mol. The Morgan fingerprint density at radius 3 is 2.44 bits per heavy atom. The first kappa shape index (κ1) is 18.4. The van der Waals surface area contributed by atoms with Gasteiger partial charge in [0.2, 0.25) is 5.95 Å². The Balaban J connectivity index is 2.21. The van der Waals surface area contributed by atoms with Crippen LogP contribution in [0.3, 0.4) is 0 Å². The topological polar surface area (TPSA) is 91.4 Å². The number of hydrogen-bond donors (Lipinski definition) is 0. The molecule has 2 heterocycles. The molecule has 0 aliphatic heterocycles. The number of carbonyl (C=O) groups excluding carboxylic acids is 1. The molecule has 2 aromatic heterocycles. The van der Waals surface area contributed by atoms with Gasteiger partial charge in [-0.3, -0.25) is 23.3 Å². The lowest BCUT2D eigenvalue weighted by atomic mass is 10.2. The van der Waals surface area contributed by atoms with Gasteiger partial charge in [-0.2, -0.15) is 4.98 Å². The van der Waals surface area contributed by atoms with Crippen LogP contribution in [0.4, 0.5) is 5.95 Å². The van der Waals surface area contributed by atoms with Crippen molar-refractivity contribution in [3.8, 4) is 0 Å². The molecule has 0 amide bonds. The van der Waals surface area contributed by atoms with Gasteiger partial charge in [-0.1, -0.05) is 30.3 Å². The molecule has 0 unspecified atom stereocenters. The molecule has 0 saturated carbocycles. The highest BCUT2D eigenvalue weighted by molar-refractivity contribution is 5.78. The van der Waals surface area contributed by atoms with E-state index < -0.39 is 17.2 Å². The van der Waals surface area contributed by atoms with Crippen LogP contribution in [0.25, 0.3) is 11.2 Å². The minimum atomic E-state index is -0.514. The molecule has 0 N–H and O–H groups in total. The highest BCUT2D eigenvalue weighted by Crippen LogP contribution is 2.20. The number of methoxy groups -OCH3 is 1. The molecule has 3 rings (SSSR count). The first-order valence-corrected chi connectivity index (χ1v) is 8.33. The van der Waals surface area contributed by atoms with E-state index in [2.05, 4.69) is 4.98 Å². The van der Waals surface area contributed by atoms with E-state index in [0.717, 1.165) is 10.1 Å². The van der Waals surface area contributed by atoms with E-state index in [-0.39, 0.29) is 17.7 Å². The van der Waals surface area contributed by atoms with Gasteiger partial charge < -0.3 is 9.64 Å². The van der Waals surface area contributed by atoms with Gasteiger partial charge in [0.25, 0.3) is 5.56 Å². The van der Waals surface area contributed by atoms with Gasteiger partial charge in [0.05, 0.1) is 7.11 Å². The summed E-state index contributed by atoms with van der Waals surface area (Å²) in [5.74, 6) is -0.114. The predicted molar refractivity (Wildman–Crippen MR) is 101 cm³/mol. The Labute approximate surface area is 155 Å². The van der Waals surface area contributed by atoms with Gasteiger partial charge in [0.15, 0.2) is 11.2 Å². The first-order valence-electron chi connectivity index (χ1n) is 8.33. The van der Waals surface area contributed by atoms with E-state index in [9.17, 15) is 14.4 Å². The van der Waals surface area contributed by atoms with Crippen molar-refractivity contribution in [1.29, 1.82) is 0 Å². The highest BCUT2D eigenvalue weighted by atomic mass is 16.5. The molecule has 3 aromatic rings. The van der Waals surface area contributed by atoms with Crippen LogP contribution in [0, 0.1) is 0 Å². The van der Waals surface area contributed by atoms with Gasteiger partial charge in [-0.15, -0.1) is 0 Å². The Morgan fingerprint density at radius 1 is 1.15 bits per heavy atom. The van der Waals surface area contributed by atoms with E-state index in [1.165, 1.54) is 23.3 Å². The number of nitrogens with zero attached hydrogens (tertiary/aromatic N) is 5. The van der Waals surface area contributed by atoms with Crippen molar-refractivity contribution in [2.45, 2.75) is 13.1 Å². The fourth-order valence-electron chi connectivity index (χ4n) is 3.00. The maximum atomic E-state index is 12.7. The number of ether oxygens (including phenoxy) is 1. The molecule has 0 aliphatic rings. The van der Waals surface area contributed by atoms with Crippen molar-refractivity contribution in [1.82, 2.24) is 18.7 Å². The fourth-order valence-corrected chi connectivity index (χ4v) is 3.00. The number of esters is 1. The summed E-state index contributed by atoms with van der Waals surface area (Å²) >= 11 is 0. The molecule has 9 heteroatoms. The van der Waals surface area contributed by atoms with E-state index in [1.807, 2.05) is 42.3 Å². The zero-order valence-electron chi connectivity index (χ0n) is 15.7. The number of hydrogen-bond acceptors (Lipinski definition) is 6. The van der Waals surface area contributed by atoms with Crippen LogP contribution >= 0.6 is 0 Å². The van der Waals surface area contributed by atoms with E-state index >= 15 is 0 Å². The second-order valence-corrected chi connectivity index (χ2v) is 6.29. The summed E-state index contributed by atoms with van der Waals surface area (Å²) < 4.78 is 8.55. The number of rotatable bonds is 5. The molecule has 142 valence electrons. The van der Waals surface area contributed by atoms with Crippen LogP contribution < -0.4 is 16.1 Å². The van der Waals surface area contributed by atoms with Crippen molar-refractivity contribution < 1.29 is 9.53 Å². The van der Waals surface area contributed by atoms with Gasteiger partial charge in [0, 0.05) is 27.7 Å². The Bertz CT molecular complexity index is 1110. The summed E-state index contributed by atoms with van der Waals surface area (Å²) in [6, 6.07) is 9.73. The zero-order valence-corrected chi connectivity index (χ0v) is 15.7. The Kier molecular flexibility index (Phi) is 4.85. The number of aryl methyl sites for hydroxylation is 1. The monoisotopic (exact) mass is 371 g/mol. The number of aromatic nitrogens is 4. The number of imidazole rings is 1. The van der Waals surface area contributed by atoms with Crippen LogP contribution in [0.5, 0.6) is 0 Å². The second-order valence-electron chi connectivity index (χ2n) is 6.29. The van der Waals surface area contributed by atoms with Crippen LogP contribution in [-0.4, -0.2) is 38.8 Å². The third kappa shape index (κ3) is 3.23. The molecule has 0 saturated heterocycles. The summed E-state index contributed by atoms with van der Waals surface area (Å²) in [5, 5.41) is 0. The number of carbonyl (C=O) groups is 1. The van der Waals surface area contributed by atoms with Crippen molar-refractivity contribution in [3.05, 3.63) is 56.7 Å². The second kappa shape index (κ2) is 7.10. The van der Waals surface area contributed by atoms with Crippen molar-refractivity contribution in [3.63, 3.8) is 0 Å². The van der Waals surface area contributed by atoms with Crippen LogP contribution in [-0.2, 0) is 36.7 Å². The molecule has 9 nitrogen and oxygen atoms in total. The average molecular weight is 371 g/mol. The van der Waals surface area contributed by atoms with Gasteiger partial charge in [-0.25, -0.2) is 4.79 Å². The lowest BCUT2D eigenvalue weighted by Crippen LogP contribution is -2.37. The predicted octanol–water partition coefficient (Wildman–Crippen LogP) is 0.243. The molecular formula is C18H21N5O4. The molecule has 0 bridgehead atoms. The number of benzene rings is 1. The maximum absolute atomic E-state index is 12.7. The van der Waals surface area contributed by atoms with E-state index in [4.69, 9.17) is 4.74 Å². The molecule has 0 spiro atoms. The summed E-state index contributed by atoms with van der Waals surface area (Å²) in [7, 11) is 6.03. The minimum absolute atomic E-state index is 0.180. The lowest BCUT2D eigenvalue weighted by Gasteiger charge is -2.19. The lowest BCUT2D eigenvalue weighted by molar-refractivity contribution is -0.141. The fraction of sp³-hybridized carbons (Fsp3) is 0.333. The first-order chi connectivity index (χ1) is 12.8. The zero-order chi connectivity index (χ0) is 19.7. The van der Waals surface area contributed by atoms with Gasteiger partial charge in [-0.05, 0) is 5.56 Å². The molecule has 0 atom stereocenters. The molecule has 0 radical (unpaired) electrons. The smallest absolute Gasteiger partial charge is 0.332 e. The van der Waals surface area contributed by atoms with Crippen molar-refractivity contribution in [2.24, 2.45) is 14.1 Å². The Hall–Kier alpha value is -3.36. The summed E-state index contributed by atoms with van der Waals surface area (Å²) in [5.41, 5.74) is 0.455. The average Bonchev–Trinajstić information content (AvgIpc) is 3.04. The molecule has 0 fully saturated rings. The Morgan fingerprint density at radius 2 is 1.81 bits per heavy atom. The van der Waals surface area contributed by atoms with E-state index in [1.54, 1.807) is 7.05 Å². The van der Waals surface area contributed by atoms with E-state index in [0.29, 0.717) is 12.5 Å². The van der Waals surface area contributed by atoms with Crippen LogP contribution in [0.15, 0.2) is 39.9 Å². The highest BCUT2D eigenvalue weighted by Gasteiger charge is 2.23. The number of anilines is 1. The maximum Gasteiger partial charge on any atom is 0.332 e. The third-order valence-electron chi connectivity index (χ3n) is 4.45. The molecule has 1 aromatic carbocycles. The van der Waals surface area contributed by atoms with Gasteiger partial charge in [0.1, 0.15) is 6.54 Å². The van der Waals surface area contributed by atoms with Crippen molar-refractivity contribution in [2.75, 3.05) is 19.1 Å². The summed E-state index contributed by atoms with van der Waals surface area (Å²) in [6.07, 6.45) is 0.